The van der Waals surface area contributed by atoms with Crippen LogP contribution in [0.25, 0.3) is 0 Å². The maximum atomic E-state index is 12.9. The molecule has 0 bridgehead atoms. The quantitative estimate of drug-likeness (QED) is 0.410. The molecule has 1 aliphatic carbocycles. The van der Waals surface area contributed by atoms with Crippen molar-refractivity contribution in [1.82, 2.24) is 0 Å². The number of rotatable bonds is 3. The Bertz CT molecular complexity index is 819. The average Bonchev–Trinajstić information content (AvgIpc) is 2.41. The smallest absolute Gasteiger partial charge is 0.376 e. The fourth-order valence-electron chi connectivity index (χ4n) is 3.41. The van der Waals surface area contributed by atoms with Crippen molar-refractivity contribution >= 4 is 23.4 Å². The maximum Gasteiger partial charge on any atom is 0.534 e. The first kappa shape index (κ1) is 21.3. The highest BCUT2D eigenvalue weighted by Crippen LogP contribution is 2.47. The maximum absolute atomic E-state index is 12.9. The molecule has 0 fully saturated rings. The molecule has 0 unspecified atom stereocenters. The van der Waals surface area contributed by atoms with E-state index in [0.29, 0.717) is 5.19 Å². The van der Waals surface area contributed by atoms with E-state index in [9.17, 15) is 21.6 Å². The molecular weight excluding hydrogens is 381 g/mol. The SMILES string of the molecule is CC1(C)CCC(C)(C)c2cc([Si](C)(C)C)c(OS(=O)(=O)C(F)(F)F)cc21. The predicted molar refractivity (Wildman–Crippen MR) is 100 cm³/mol. The second-order valence-electron chi connectivity index (χ2n) is 9.39. The van der Waals surface area contributed by atoms with Crippen molar-refractivity contribution in [3.05, 3.63) is 23.3 Å². The van der Waals surface area contributed by atoms with Crippen LogP contribution < -0.4 is 9.37 Å². The lowest BCUT2D eigenvalue weighted by Crippen LogP contribution is -2.43. The third-order valence-corrected chi connectivity index (χ3v) is 8.22. The Balaban J connectivity index is 2.77. The second kappa shape index (κ2) is 5.99. The predicted octanol–water partition coefficient (Wildman–Crippen LogP) is 4.81. The van der Waals surface area contributed by atoms with Crippen LogP contribution in [-0.4, -0.2) is 22.0 Å². The average molecular weight is 409 g/mol. The van der Waals surface area contributed by atoms with Crippen molar-refractivity contribution in [2.24, 2.45) is 0 Å². The molecule has 148 valence electrons. The second-order valence-corrected chi connectivity index (χ2v) is 16.0. The van der Waals surface area contributed by atoms with Crippen LogP contribution in [0.15, 0.2) is 12.1 Å². The fraction of sp³-hybridized carbons (Fsp3) is 0.667. The summed E-state index contributed by atoms with van der Waals surface area (Å²) in [6.07, 6.45) is 1.82. The summed E-state index contributed by atoms with van der Waals surface area (Å²) < 4.78 is 66.5. The van der Waals surface area contributed by atoms with Crippen molar-refractivity contribution in [3.63, 3.8) is 0 Å². The van der Waals surface area contributed by atoms with Gasteiger partial charge < -0.3 is 4.18 Å². The third kappa shape index (κ3) is 3.81. The van der Waals surface area contributed by atoms with Crippen LogP contribution in [0.2, 0.25) is 19.6 Å². The standard InChI is InChI=1S/C18H27F3O3SSi/c1-16(2)8-9-17(3,4)13-11-15(26(5,6)7)14(10-12(13)16)24-25(22,23)18(19,20)21/h10-11H,8-9H2,1-7H3. The minimum Gasteiger partial charge on any atom is -0.376 e. The normalized spacial score (nSPS) is 19.8. The molecule has 0 aromatic heterocycles. The topological polar surface area (TPSA) is 43.4 Å². The number of benzene rings is 1. The number of alkyl halides is 3. The molecular formula is C18H27F3O3SSi. The van der Waals surface area contributed by atoms with Crippen molar-refractivity contribution < 1.29 is 25.8 Å². The fourth-order valence-corrected chi connectivity index (χ4v) is 5.40. The summed E-state index contributed by atoms with van der Waals surface area (Å²) in [5, 5.41) is 0.592. The van der Waals surface area contributed by atoms with Gasteiger partial charge in [-0.05, 0) is 46.1 Å². The van der Waals surface area contributed by atoms with E-state index in [2.05, 4.69) is 18.0 Å². The first-order chi connectivity index (χ1) is 11.4. The third-order valence-electron chi connectivity index (χ3n) is 5.24. The Morgan fingerprint density at radius 2 is 1.38 bits per heavy atom. The Hall–Kier alpha value is -1.02. The van der Waals surface area contributed by atoms with E-state index in [1.807, 2.05) is 39.6 Å². The van der Waals surface area contributed by atoms with Gasteiger partial charge in [0.1, 0.15) is 5.75 Å². The van der Waals surface area contributed by atoms with Gasteiger partial charge in [0.25, 0.3) is 0 Å². The zero-order chi connectivity index (χ0) is 20.3. The van der Waals surface area contributed by atoms with E-state index in [1.54, 1.807) is 0 Å². The molecule has 0 atom stereocenters. The first-order valence-electron chi connectivity index (χ1n) is 8.59. The number of halogens is 3. The van der Waals surface area contributed by atoms with E-state index >= 15 is 0 Å². The zero-order valence-electron chi connectivity index (χ0n) is 16.3. The monoisotopic (exact) mass is 408 g/mol. The van der Waals surface area contributed by atoms with Crippen LogP contribution in [0.1, 0.15) is 51.7 Å². The summed E-state index contributed by atoms with van der Waals surface area (Å²) in [6, 6.07) is 3.43. The van der Waals surface area contributed by atoms with E-state index in [0.717, 1.165) is 24.0 Å². The van der Waals surface area contributed by atoms with Gasteiger partial charge in [-0.2, -0.15) is 21.6 Å². The van der Waals surface area contributed by atoms with E-state index in [1.165, 1.54) is 6.07 Å². The highest BCUT2D eigenvalue weighted by atomic mass is 32.2. The molecule has 0 heterocycles. The summed E-state index contributed by atoms with van der Waals surface area (Å²) in [5.41, 5.74) is -3.90. The first-order valence-corrected chi connectivity index (χ1v) is 13.5. The lowest BCUT2D eigenvalue weighted by molar-refractivity contribution is -0.0499. The molecule has 3 nitrogen and oxygen atoms in total. The molecule has 2 rings (SSSR count). The molecule has 0 radical (unpaired) electrons. The van der Waals surface area contributed by atoms with Crippen molar-refractivity contribution in [1.29, 1.82) is 0 Å². The lowest BCUT2D eigenvalue weighted by Gasteiger charge is -2.43. The highest BCUT2D eigenvalue weighted by Gasteiger charge is 2.49. The Kier molecular flexibility index (Phi) is 4.90. The summed E-state index contributed by atoms with van der Waals surface area (Å²) in [6.45, 7) is 14.2. The van der Waals surface area contributed by atoms with E-state index < -0.39 is 23.7 Å². The van der Waals surface area contributed by atoms with Gasteiger partial charge in [-0.15, -0.1) is 0 Å². The van der Waals surface area contributed by atoms with Crippen LogP contribution >= 0.6 is 0 Å². The van der Waals surface area contributed by atoms with Gasteiger partial charge >= 0.3 is 15.6 Å². The molecule has 0 saturated carbocycles. The van der Waals surface area contributed by atoms with Gasteiger partial charge in [-0.3, -0.25) is 0 Å². The zero-order valence-corrected chi connectivity index (χ0v) is 18.2. The number of fused-ring (bicyclic) bond motifs is 1. The van der Waals surface area contributed by atoms with Crippen LogP contribution in [-0.2, 0) is 20.9 Å². The minimum atomic E-state index is -5.70. The van der Waals surface area contributed by atoms with Gasteiger partial charge in [0.05, 0.1) is 8.07 Å². The Morgan fingerprint density at radius 1 is 0.962 bits per heavy atom. The number of hydrogen-bond donors (Lipinski definition) is 0. The highest BCUT2D eigenvalue weighted by molar-refractivity contribution is 7.88. The molecule has 1 aromatic rings. The van der Waals surface area contributed by atoms with Crippen molar-refractivity contribution in [3.8, 4) is 5.75 Å². The molecule has 0 spiro atoms. The van der Waals surface area contributed by atoms with Gasteiger partial charge in [0.15, 0.2) is 0 Å². The van der Waals surface area contributed by atoms with Gasteiger partial charge in [0, 0.05) is 0 Å². The number of hydrogen-bond acceptors (Lipinski definition) is 3. The molecule has 1 aliphatic rings. The van der Waals surface area contributed by atoms with Gasteiger partial charge in [-0.25, -0.2) is 0 Å². The largest absolute Gasteiger partial charge is 0.534 e. The summed E-state index contributed by atoms with van der Waals surface area (Å²) >= 11 is 0. The summed E-state index contributed by atoms with van der Waals surface area (Å²) in [5.74, 6) is -0.175. The van der Waals surface area contributed by atoms with Crippen molar-refractivity contribution in [2.45, 2.75) is 76.5 Å². The van der Waals surface area contributed by atoms with E-state index in [4.69, 9.17) is 0 Å². The van der Waals surface area contributed by atoms with Crippen molar-refractivity contribution in [2.75, 3.05) is 0 Å². The van der Waals surface area contributed by atoms with Crippen LogP contribution in [0.4, 0.5) is 13.2 Å². The molecule has 0 N–H and O–H groups in total. The van der Waals surface area contributed by atoms with E-state index in [-0.39, 0.29) is 16.6 Å². The molecule has 1 aromatic carbocycles. The molecule has 8 heteroatoms. The van der Waals surface area contributed by atoms with Crippen LogP contribution in [0, 0.1) is 0 Å². The molecule has 0 amide bonds. The van der Waals surface area contributed by atoms with Crippen LogP contribution in [0.5, 0.6) is 5.75 Å². The molecule has 0 aliphatic heterocycles. The summed E-state index contributed by atoms with van der Waals surface area (Å²) in [4.78, 5) is 0. The van der Waals surface area contributed by atoms with Gasteiger partial charge in [-0.1, -0.05) is 53.4 Å². The summed E-state index contributed by atoms with van der Waals surface area (Å²) in [7, 11) is -7.87. The molecule has 0 saturated heterocycles. The van der Waals surface area contributed by atoms with Crippen LogP contribution in [0.3, 0.4) is 0 Å². The Labute approximate surface area is 155 Å². The van der Waals surface area contributed by atoms with Gasteiger partial charge in [0.2, 0.25) is 0 Å². The lowest BCUT2D eigenvalue weighted by atomic mass is 9.63. The minimum absolute atomic E-state index is 0.124. The Morgan fingerprint density at radius 3 is 1.77 bits per heavy atom. The molecule has 26 heavy (non-hydrogen) atoms.